The van der Waals surface area contributed by atoms with E-state index in [1.54, 1.807) is 6.92 Å². The van der Waals surface area contributed by atoms with Crippen LogP contribution in [-0.4, -0.2) is 5.91 Å². The predicted octanol–water partition coefficient (Wildman–Crippen LogP) is 3.48. The Hall–Kier alpha value is -1.95. The van der Waals surface area contributed by atoms with Crippen LogP contribution in [0.25, 0.3) is 0 Å². The van der Waals surface area contributed by atoms with Crippen molar-refractivity contribution < 1.29 is 13.6 Å². The van der Waals surface area contributed by atoms with Crippen molar-refractivity contribution in [3.05, 3.63) is 45.2 Å². The predicted molar refractivity (Wildman–Crippen MR) is 72.5 cm³/mol. The van der Waals surface area contributed by atoms with E-state index < -0.39 is 17.5 Å². The lowest BCUT2D eigenvalue weighted by Gasteiger charge is -2.06. The molecule has 1 aromatic carbocycles. The van der Waals surface area contributed by atoms with Crippen molar-refractivity contribution in [2.24, 2.45) is 0 Å². The largest absolute Gasteiger partial charge is 0.398 e. The monoisotopic (exact) mass is 282 g/mol. The molecule has 0 aliphatic heterocycles. The summed E-state index contributed by atoms with van der Waals surface area (Å²) in [5.74, 6) is -1.75. The zero-order valence-corrected chi connectivity index (χ0v) is 11.2. The van der Waals surface area contributed by atoms with Crippen LogP contribution in [0.4, 0.5) is 20.2 Å². The van der Waals surface area contributed by atoms with Gasteiger partial charge in [0.25, 0.3) is 5.91 Å². The molecule has 0 saturated heterocycles. The van der Waals surface area contributed by atoms with Crippen LogP contribution in [0.5, 0.6) is 0 Å². The third-order valence-corrected chi connectivity index (χ3v) is 3.74. The number of nitrogen functional groups attached to an aromatic ring is 1. The SMILES string of the molecule is Cc1cc(F)c(NC(=O)c2cc(N)c(C)s2)cc1F. The molecule has 0 unspecified atom stereocenters. The van der Waals surface area contributed by atoms with Crippen LogP contribution < -0.4 is 11.1 Å². The zero-order chi connectivity index (χ0) is 14.2. The average Bonchev–Trinajstić information content (AvgIpc) is 2.67. The fourth-order valence-electron chi connectivity index (χ4n) is 1.53. The molecule has 0 aliphatic rings. The highest BCUT2D eigenvalue weighted by atomic mass is 32.1. The highest BCUT2D eigenvalue weighted by Gasteiger charge is 2.14. The molecule has 0 atom stereocenters. The van der Waals surface area contributed by atoms with Crippen molar-refractivity contribution in [1.82, 2.24) is 0 Å². The second-order valence-corrected chi connectivity index (χ2v) is 5.41. The molecule has 100 valence electrons. The summed E-state index contributed by atoms with van der Waals surface area (Å²) in [5, 5.41) is 2.34. The summed E-state index contributed by atoms with van der Waals surface area (Å²) < 4.78 is 26.9. The van der Waals surface area contributed by atoms with Crippen LogP contribution in [0.2, 0.25) is 0 Å². The Morgan fingerprint density at radius 2 is 1.89 bits per heavy atom. The smallest absolute Gasteiger partial charge is 0.265 e. The standard InChI is InChI=1S/C13H12F2N2OS/c1-6-3-9(15)11(4-8(6)14)17-13(18)12-5-10(16)7(2)19-12/h3-5H,16H2,1-2H3,(H,17,18). The van der Waals surface area contributed by atoms with Crippen LogP contribution in [0.1, 0.15) is 20.1 Å². The fourth-order valence-corrected chi connectivity index (χ4v) is 2.37. The molecule has 2 rings (SSSR count). The average molecular weight is 282 g/mol. The summed E-state index contributed by atoms with van der Waals surface area (Å²) in [6.07, 6.45) is 0. The molecular weight excluding hydrogens is 270 g/mol. The van der Waals surface area contributed by atoms with E-state index in [-0.39, 0.29) is 11.3 Å². The van der Waals surface area contributed by atoms with Gasteiger partial charge in [-0.3, -0.25) is 4.79 Å². The molecule has 3 N–H and O–H groups in total. The summed E-state index contributed by atoms with van der Waals surface area (Å²) in [5.41, 5.74) is 6.15. The molecule has 19 heavy (non-hydrogen) atoms. The van der Waals surface area contributed by atoms with Crippen LogP contribution in [0, 0.1) is 25.5 Å². The molecule has 6 heteroatoms. The number of thiophene rings is 1. The molecule has 1 heterocycles. The number of rotatable bonds is 2. The van der Waals surface area contributed by atoms with Gasteiger partial charge in [-0.2, -0.15) is 0 Å². The third kappa shape index (κ3) is 2.73. The first-order valence-electron chi connectivity index (χ1n) is 5.51. The maximum atomic E-state index is 13.6. The molecular formula is C13H12F2N2OS. The maximum absolute atomic E-state index is 13.6. The van der Waals surface area contributed by atoms with E-state index in [4.69, 9.17) is 5.73 Å². The Kier molecular flexibility index (Phi) is 3.53. The molecule has 1 amide bonds. The van der Waals surface area contributed by atoms with E-state index in [1.165, 1.54) is 24.3 Å². The molecule has 0 saturated carbocycles. The number of carbonyl (C=O) groups excluding carboxylic acids is 1. The normalized spacial score (nSPS) is 10.5. The van der Waals surface area contributed by atoms with E-state index in [0.717, 1.165) is 17.0 Å². The van der Waals surface area contributed by atoms with E-state index >= 15 is 0 Å². The summed E-state index contributed by atoms with van der Waals surface area (Å²) in [6, 6.07) is 3.52. The van der Waals surface area contributed by atoms with Gasteiger partial charge in [0, 0.05) is 16.6 Å². The minimum atomic E-state index is -0.673. The Balaban J connectivity index is 2.26. The first-order chi connectivity index (χ1) is 8.88. The fraction of sp³-hybridized carbons (Fsp3) is 0.154. The first kappa shape index (κ1) is 13.5. The van der Waals surface area contributed by atoms with Gasteiger partial charge in [0.1, 0.15) is 11.6 Å². The number of nitrogens with one attached hydrogen (secondary N) is 1. The summed E-state index contributed by atoms with van der Waals surface area (Å²) in [4.78, 5) is 13.0. The molecule has 0 radical (unpaired) electrons. The lowest BCUT2D eigenvalue weighted by atomic mass is 10.2. The Morgan fingerprint density at radius 3 is 2.47 bits per heavy atom. The molecule has 1 aromatic heterocycles. The van der Waals surface area contributed by atoms with Gasteiger partial charge in [-0.05, 0) is 31.5 Å². The topological polar surface area (TPSA) is 55.1 Å². The number of amides is 1. The number of aryl methyl sites for hydroxylation is 2. The highest BCUT2D eigenvalue weighted by molar-refractivity contribution is 7.14. The molecule has 0 aliphatic carbocycles. The Morgan fingerprint density at radius 1 is 1.21 bits per heavy atom. The van der Waals surface area contributed by atoms with Crippen LogP contribution >= 0.6 is 11.3 Å². The van der Waals surface area contributed by atoms with Crippen molar-refractivity contribution >= 4 is 28.6 Å². The lowest BCUT2D eigenvalue weighted by Crippen LogP contribution is -2.12. The van der Waals surface area contributed by atoms with Gasteiger partial charge >= 0.3 is 0 Å². The second-order valence-electron chi connectivity index (χ2n) is 4.16. The molecule has 2 aromatic rings. The number of benzene rings is 1. The molecule has 3 nitrogen and oxygen atoms in total. The minimum absolute atomic E-state index is 0.183. The van der Waals surface area contributed by atoms with E-state index in [9.17, 15) is 13.6 Å². The van der Waals surface area contributed by atoms with Crippen LogP contribution in [0.3, 0.4) is 0 Å². The van der Waals surface area contributed by atoms with Gasteiger partial charge in [-0.1, -0.05) is 0 Å². The number of hydrogen-bond donors (Lipinski definition) is 2. The summed E-state index contributed by atoms with van der Waals surface area (Å²) >= 11 is 1.20. The van der Waals surface area contributed by atoms with Crippen molar-refractivity contribution in [3.63, 3.8) is 0 Å². The lowest BCUT2D eigenvalue weighted by molar-refractivity contribution is 0.103. The number of halogens is 2. The maximum Gasteiger partial charge on any atom is 0.265 e. The van der Waals surface area contributed by atoms with Crippen molar-refractivity contribution in [2.75, 3.05) is 11.1 Å². The molecule has 0 bridgehead atoms. The van der Waals surface area contributed by atoms with E-state index in [1.807, 2.05) is 0 Å². The molecule has 0 fully saturated rings. The van der Waals surface area contributed by atoms with Crippen LogP contribution in [0.15, 0.2) is 18.2 Å². The summed E-state index contributed by atoms with van der Waals surface area (Å²) in [6.45, 7) is 3.23. The third-order valence-electron chi connectivity index (χ3n) is 2.68. The van der Waals surface area contributed by atoms with Gasteiger partial charge in [0.05, 0.1) is 10.6 Å². The zero-order valence-electron chi connectivity index (χ0n) is 10.4. The van der Waals surface area contributed by atoms with Crippen molar-refractivity contribution in [3.8, 4) is 0 Å². The van der Waals surface area contributed by atoms with Gasteiger partial charge in [0.15, 0.2) is 0 Å². The number of anilines is 2. The van der Waals surface area contributed by atoms with E-state index in [2.05, 4.69) is 5.32 Å². The Bertz CT molecular complexity index is 633. The quantitative estimate of drug-likeness (QED) is 0.886. The first-order valence-corrected chi connectivity index (χ1v) is 6.33. The number of hydrogen-bond acceptors (Lipinski definition) is 3. The van der Waals surface area contributed by atoms with E-state index in [0.29, 0.717) is 10.6 Å². The van der Waals surface area contributed by atoms with Gasteiger partial charge in [0.2, 0.25) is 0 Å². The molecule has 0 spiro atoms. The number of nitrogens with two attached hydrogens (primary N) is 1. The second kappa shape index (κ2) is 4.97. The van der Waals surface area contributed by atoms with Crippen molar-refractivity contribution in [1.29, 1.82) is 0 Å². The highest BCUT2D eigenvalue weighted by Crippen LogP contribution is 2.25. The van der Waals surface area contributed by atoms with Gasteiger partial charge in [-0.15, -0.1) is 11.3 Å². The Labute approximate surface area is 113 Å². The van der Waals surface area contributed by atoms with Crippen molar-refractivity contribution in [2.45, 2.75) is 13.8 Å². The van der Waals surface area contributed by atoms with Crippen LogP contribution in [-0.2, 0) is 0 Å². The van der Waals surface area contributed by atoms with Gasteiger partial charge < -0.3 is 11.1 Å². The number of carbonyl (C=O) groups is 1. The summed E-state index contributed by atoms with van der Waals surface area (Å²) in [7, 11) is 0. The minimum Gasteiger partial charge on any atom is -0.398 e. The van der Waals surface area contributed by atoms with Gasteiger partial charge in [-0.25, -0.2) is 8.78 Å².